The van der Waals surface area contributed by atoms with Crippen molar-refractivity contribution in [3.8, 4) is 0 Å². The van der Waals surface area contributed by atoms with Crippen LogP contribution < -0.4 is 0 Å². The molecule has 0 aliphatic carbocycles. The van der Waals surface area contributed by atoms with Crippen LogP contribution in [0.5, 0.6) is 0 Å². The number of carbonyl (C=O) groups is 2. The number of hydrogen-bond donors (Lipinski definition) is 1. The van der Waals surface area contributed by atoms with Crippen molar-refractivity contribution in [2.75, 3.05) is 18.1 Å². The van der Waals surface area contributed by atoms with Crippen molar-refractivity contribution in [2.45, 2.75) is 12.5 Å². The summed E-state index contributed by atoms with van der Waals surface area (Å²) in [5.74, 6) is -1.86. The zero-order valence-corrected chi connectivity index (χ0v) is 14.0. The van der Waals surface area contributed by atoms with Crippen molar-refractivity contribution in [1.29, 1.82) is 0 Å². The lowest BCUT2D eigenvalue weighted by molar-refractivity contribution is -0.138. The summed E-state index contributed by atoms with van der Waals surface area (Å²) in [6.07, 6.45) is -0.366. The molecule has 21 heavy (non-hydrogen) atoms. The molecule has 6 nitrogen and oxygen atoms in total. The predicted octanol–water partition coefficient (Wildman–Crippen LogP) is 1.01. The highest BCUT2D eigenvalue weighted by Crippen LogP contribution is 2.19. The van der Waals surface area contributed by atoms with Gasteiger partial charge in [0.15, 0.2) is 9.84 Å². The van der Waals surface area contributed by atoms with E-state index in [9.17, 15) is 18.0 Å². The predicted molar refractivity (Wildman–Crippen MR) is 84.9 cm³/mol. The number of benzene rings is 1. The smallest absolute Gasteiger partial charge is 0.305 e. The lowest BCUT2D eigenvalue weighted by Crippen LogP contribution is -2.52. The summed E-state index contributed by atoms with van der Waals surface area (Å²) in [6.45, 7) is 0.0328. The molecule has 1 saturated heterocycles. The largest absolute Gasteiger partial charge is 0.481 e. The minimum atomic E-state index is -3.29. The molecule has 1 aliphatic rings. The molecule has 1 aromatic rings. The van der Waals surface area contributed by atoms with E-state index < -0.39 is 21.8 Å². The minimum absolute atomic E-state index is 0.0328. The van der Waals surface area contributed by atoms with Crippen molar-refractivity contribution < 1.29 is 23.1 Å². The van der Waals surface area contributed by atoms with Crippen molar-refractivity contribution in [3.05, 3.63) is 33.4 Å². The first-order valence-electron chi connectivity index (χ1n) is 6.27. The SMILES string of the molecule is O=C(O)CC1CS(=O)(=O)CCN1C(=O)c1ccc(I)cc1. The van der Waals surface area contributed by atoms with Crippen molar-refractivity contribution in [1.82, 2.24) is 4.90 Å². The lowest BCUT2D eigenvalue weighted by Gasteiger charge is -2.34. The lowest BCUT2D eigenvalue weighted by atomic mass is 10.1. The first kappa shape index (κ1) is 16.2. The summed E-state index contributed by atoms with van der Waals surface area (Å²) in [7, 11) is -3.29. The molecule has 1 fully saturated rings. The summed E-state index contributed by atoms with van der Waals surface area (Å²) in [6, 6.07) is 6.06. The molecule has 0 bridgehead atoms. The standard InChI is InChI=1S/C13H14INO5S/c14-10-3-1-9(2-4-10)13(18)15-5-6-21(19,20)8-11(15)7-12(16)17/h1-4,11H,5-8H2,(H,16,17). The second kappa shape index (κ2) is 6.30. The third-order valence-electron chi connectivity index (χ3n) is 3.29. The highest BCUT2D eigenvalue weighted by molar-refractivity contribution is 14.1. The Bertz CT molecular complexity index is 656. The van der Waals surface area contributed by atoms with Gasteiger partial charge in [-0.3, -0.25) is 9.59 Å². The van der Waals surface area contributed by atoms with Gasteiger partial charge in [0.25, 0.3) is 5.91 Å². The monoisotopic (exact) mass is 423 g/mol. The fourth-order valence-corrected chi connectivity index (χ4v) is 4.17. The molecule has 8 heteroatoms. The number of carboxylic acids is 1. The molecule has 114 valence electrons. The Morgan fingerprint density at radius 2 is 1.90 bits per heavy atom. The molecule has 0 saturated carbocycles. The van der Waals surface area contributed by atoms with E-state index in [1.807, 2.05) is 0 Å². The zero-order valence-electron chi connectivity index (χ0n) is 11.0. The summed E-state index contributed by atoms with van der Waals surface area (Å²) in [5, 5.41) is 8.91. The Morgan fingerprint density at radius 3 is 2.48 bits per heavy atom. The van der Waals surface area contributed by atoms with Crippen LogP contribution in [0.3, 0.4) is 0 Å². The molecule has 1 aromatic carbocycles. The number of hydrogen-bond acceptors (Lipinski definition) is 4. The fraction of sp³-hybridized carbons (Fsp3) is 0.385. The molecule has 0 spiro atoms. The molecule has 1 atom stereocenters. The van der Waals surface area contributed by atoms with Gasteiger partial charge < -0.3 is 10.0 Å². The van der Waals surface area contributed by atoms with Gasteiger partial charge >= 0.3 is 5.97 Å². The van der Waals surface area contributed by atoms with Gasteiger partial charge in [-0.1, -0.05) is 0 Å². The number of aliphatic carboxylic acids is 1. The maximum atomic E-state index is 12.4. The van der Waals surface area contributed by atoms with E-state index >= 15 is 0 Å². The van der Waals surface area contributed by atoms with Gasteiger partial charge in [-0.25, -0.2) is 8.42 Å². The normalized spacial score (nSPS) is 21.0. The van der Waals surface area contributed by atoms with E-state index in [1.165, 1.54) is 4.90 Å². The molecular weight excluding hydrogens is 409 g/mol. The Morgan fingerprint density at radius 1 is 1.29 bits per heavy atom. The molecule has 1 aliphatic heterocycles. The third kappa shape index (κ3) is 4.16. The Labute approximate surface area is 136 Å². The molecule has 0 aromatic heterocycles. The molecule has 2 rings (SSSR count). The number of nitrogens with zero attached hydrogens (tertiary/aromatic N) is 1. The Hall–Kier alpha value is -1.16. The Kier molecular flexibility index (Phi) is 4.87. The van der Waals surface area contributed by atoms with E-state index in [0.717, 1.165) is 3.57 Å². The third-order valence-corrected chi connectivity index (χ3v) is 5.71. The summed E-state index contributed by atoms with van der Waals surface area (Å²) in [5.41, 5.74) is 0.435. The van der Waals surface area contributed by atoms with Gasteiger partial charge in [-0.15, -0.1) is 0 Å². The number of carbonyl (C=O) groups excluding carboxylic acids is 1. The van der Waals surface area contributed by atoms with Crippen LogP contribution in [-0.4, -0.2) is 54.4 Å². The quantitative estimate of drug-likeness (QED) is 0.733. The van der Waals surface area contributed by atoms with Gasteiger partial charge in [0.2, 0.25) is 0 Å². The van der Waals surface area contributed by atoms with Crippen LogP contribution in [-0.2, 0) is 14.6 Å². The van der Waals surface area contributed by atoms with E-state index in [1.54, 1.807) is 24.3 Å². The van der Waals surface area contributed by atoms with Crippen LogP contribution in [0.15, 0.2) is 24.3 Å². The molecule has 1 amide bonds. The molecule has 0 radical (unpaired) electrons. The second-order valence-corrected chi connectivity index (χ2v) is 8.35. The fourth-order valence-electron chi connectivity index (χ4n) is 2.28. The molecule has 1 unspecified atom stereocenters. The number of rotatable bonds is 3. The summed E-state index contributed by atoms with van der Waals surface area (Å²) in [4.78, 5) is 24.7. The van der Waals surface area contributed by atoms with Crippen LogP contribution in [0.1, 0.15) is 16.8 Å². The highest BCUT2D eigenvalue weighted by Gasteiger charge is 2.35. The average molecular weight is 423 g/mol. The van der Waals surface area contributed by atoms with Crippen LogP contribution in [0.4, 0.5) is 0 Å². The Balaban J connectivity index is 2.24. The number of carboxylic acid groups (broad SMARTS) is 1. The highest BCUT2D eigenvalue weighted by atomic mass is 127. The van der Waals surface area contributed by atoms with E-state index in [4.69, 9.17) is 5.11 Å². The van der Waals surface area contributed by atoms with E-state index in [0.29, 0.717) is 5.56 Å². The first-order valence-corrected chi connectivity index (χ1v) is 9.17. The van der Waals surface area contributed by atoms with Crippen LogP contribution in [0, 0.1) is 3.57 Å². The van der Waals surface area contributed by atoms with Crippen LogP contribution in [0.25, 0.3) is 0 Å². The van der Waals surface area contributed by atoms with Crippen molar-refractivity contribution in [2.24, 2.45) is 0 Å². The van der Waals surface area contributed by atoms with Gasteiger partial charge in [0, 0.05) is 15.7 Å². The molecule has 1 N–H and O–H groups in total. The van der Waals surface area contributed by atoms with Crippen molar-refractivity contribution in [3.63, 3.8) is 0 Å². The zero-order chi connectivity index (χ0) is 15.6. The average Bonchev–Trinajstić information content (AvgIpc) is 2.37. The van der Waals surface area contributed by atoms with Gasteiger partial charge in [0.05, 0.1) is 24.0 Å². The summed E-state index contributed by atoms with van der Waals surface area (Å²) < 4.78 is 24.3. The first-order chi connectivity index (χ1) is 9.78. The summed E-state index contributed by atoms with van der Waals surface area (Å²) >= 11 is 2.12. The number of amides is 1. The molecule has 1 heterocycles. The van der Waals surface area contributed by atoms with Gasteiger partial charge in [-0.2, -0.15) is 0 Å². The van der Waals surface area contributed by atoms with Gasteiger partial charge in [0.1, 0.15) is 0 Å². The van der Waals surface area contributed by atoms with E-state index in [2.05, 4.69) is 22.6 Å². The maximum Gasteiger partial charge on any atom is 0.305 e. The van der Waals surface area contributed by atoms with Crippen LogP contribution >= 0.6 is 22.6 Å². The second-order valence-electron chi connectivity index (χ2n) is 4.87. The minimum Gasteiger partial charge on any atom is -0.481 e. The van der Waals surface area contributed by atoms with Crippen molar-refractivity contribution >= 4 is 44.3 Å². The van der Waals surface area contributed by atoms with Gasteiger partial charge in [-0.05, 0) is 46.9 Å². The van der Waals surface area contributed by atoms with Crippen LogP contribution in [0.2, 0.25) is 0 Å². The number of sulfone groups is 1. The number of halogens is 1. The maximum absolute atomic E-state index is 12.4. The molecular formula is C13H14INO5S. The van der Waals surface area contributed by atoms with E-state index in [-0.39, 0.29) is 30.4 Å². The topological polar surface area (TPSA) is 91.8 Å².